The highest BCUT2D eigenvalue weighted by Crippen LogP contribution is 2.13. The molecule has 16 nitrogen and oxygen atoms in total. The molecule has 0 bridgehead atoms. The zero-order valence-electron chi connectivity index (χ0n) is 27.5. The fourth-order valence-corrected chi connectivity index (χ4v) is 4.35. The van der Waals surface area contributed by atoms with Crippen molar-refractivity contribution in [1.82, 2.24) is 25.8 Å². The van der Waals surface area contributed by atoms with Crippen LogP contribution < -0.4 is 16.4 Å². The first-order valence-corrected chi connectivity index (χ1v) is 16.2. The highest BCUT2D eigenvalue weighted by Gasteiger charge is 2.13. The molecule has 0 radical (unpaired) electrons. The molecule has 268 valence electrons. The SMILES string of the molecule is NCCCCCN(O)C(=C=O)CCC(=C=O)NCCCCCN(O)C(=C=O)CCC(=C=O)NCCCCCN(O)C(=C=O)CCC(=O)O. The van der Waals surface area contributed by atoms with E-state index in [9.17, 15) is 44.4 Å². The lowest BCUT2D eigenvalue weighted by Crippen LogP contribution is -2.23. The van der Waals surface area contributed by atoms with Gasteiger partial charge in [0, 0.05) is 64.8 Å². The van der Waals surface area contributed by atoms with E-state index in [-0.39, 0.29) is 86.6 Å². The Morgan fingerprint density at radius 3 is 1.17 bits per heavy atom. The summed E-state index contributed by atoms with van der Waals surface area (Å²) in [7, 11) is 0. The van der Waals surface area contributed by atoms with Gasteiger partial charge in [-0.3, -0.25) is 35.6 Å². The van der Waals surface area contributed by atoms with Crippen LogP contribution in [-0.2, 0) is 28.8 Å². The Labute approximate surface area is 280 Å². The minimum absolute atomic E-state index is 0.0184. The van der Waals surface area contributed by atoms with E-state index in [4.69, 9.17) is 10.8 Å². The van der Waals surface area contributed by atoms with E-state index in [2.05, 4.69) is 10.6 Å². The number of nitrogens with two attached hydrogens (primary N) is 1. The quantitative estimate of drug-likeness (QED) is 0.0313. The number of carboxylic acids is 1. The zero-order chi connectivity index (χ0) is 36.0. The van der Waals surface area contributed by atoms with Crippen LogP contribution in [0.1, 0.15) is 96.3 Å². The van der Waals surface area contributed by atoms with Gasteiger partial charge in [0.25, 0.3) is 0 Å². The van der Waals surface area contributed by atoms with Gasteiger partial charge in [0.15, 0.2) is 0 Å². The second kappa shape index (κ2) is 28.8. The number of allylic oxidation sites excluding steroid dienone is 5. The summed E-state index contributed by atoms with van der Waals surface area (Å²) in [6.45, 7) is 1.95. The minimum Gasteiger partial charge on any atom is -0.481 e. The van der Waals surface area contributed by atoms with Crippen molar-refractivity contribution in [3.8, 4) is 0 Å². The van der Waals surface area contributed by atoms with Gasteiger partial charge in [-0.05, 0) is 57.9 Å². The van der Waals surface area contributed by atoms with Crippen LogP contribution >= 0.6 is 0 Å². The average Bonchev–Trinajstić information content (AvgIpc) is 3.08. The van der Waals surface area contributed by atoms with E-state index >= 15 is 0 Å². The summed E-state index contributed by atoms with van der Waals surface area (Å²) in [4.78, 5) is 66.8. The van der Waals surface area contributed by atoms with Crippen LogP contribution in [0.4, 0.5) is 0 Å². The molecule has 0 spiro atoms. The molecule has 16 heteroatoms. The van der Waals surface area contributed by atoms with Crippen LogP contribution in [0, 0.1) is 0 Å². The van der Waals surface area contributed by atoms with Crippen LogP contribution in [-0.4, -0.2) is 111 Å². The standard InChI is InChI=1S/C32H50N6O10/c33-16-4-1-7-19-36(46)29(24-41)12-10-27(22-39)34-17-5-2-8-20-37(47)30(25-42)13-11-28(23-40)35-18-6-3-9-21-38(48)31(26-43)14-15-32(44)45/h34-35,46-48H,1-21,33H2,(H,44,45). The van der Waals surface area contributed by atoms with E-state index in [0.717, 1.165) is 23.0 Å². The van der Waals surface area contributed by atoms with Gasteiger partial charge in [0.1, 0.15) is 46.8 Å². The topological polar surface area (TPSA) is 243 Å². The first-order valence-electron chi connectivity index (χ1n) is 16.2. The van der Waals surface area contributed by atoms with Crippen molar-refractivity contribution in [2.24, 2.45) is 5.73 Å². The summed E-state index contributed by atoms with van der Waals surface area (Å²) < 4.78 is 0. The van der Waals surface area contributed by atoms with Gasteiger partial charge >= 0.3 is 5.97 Å². The molecule has 0 aromatic carbocycles. The first-order chi connectivity index (χ1) is 23.2. The Bertz CT molecular complexity index is 1210. The summed E-state index contributed by atoms with van der Waals surface area (Å²) >= 11 is 0. The van der Waals surface area contributed by atoms with Crippen LogP contribution in [0.2, 0.25) is 0 Å². The smallest absolute Gasteiger partial charge is 0.303 e. The number of carbonyl (C=O) groups is 1. The van der Waals surface area contributed by atoms with Crippen molar-refractivity contribution in [3.05, 3.63) is 28.5 Å². The largest absolute Gasteiger partial charge is 0.481 e. The van der Waals surface area contributed by atoms with Crippen molar-refractivity contribution < 1.29 is 49.5 Å². The predicted octanol–water partition coefficient (Wildman–Crippen LogP) is 1.71. The highest BCUT2D eigenvalue weighted by molar-refractivity contribution is 5.67. The molecule has 0 fully saturated rings. The molecule has 0 aliphatic rings. The molecule has 0 atom stereocenters. The van der Waals surface area contributed by atoms with Crippen molar-refractivity contribution in [1.29, 1.82) is 0 Å². The molecule has 0 aromatic rings. The monoisotopic (exact) mass is 678 g/mol. The maximum Gasteiger partial charge on any atom is 0.303 e. The lowest BCUT2D eigenvalue weighted by molar-refractivity contribution is -0.137. The molecule has 0 unspecified atom stereocenters. The van der Waals surface area contributed by atoms with Gasteiger partial charge in [-0.25, -0.2) is 24.0 Å². The molecule has 0 heterocycles. The Morgan fingerprint density at radius 1 is 0.500 bits per heavy atom. The van der Waals surface area contributed by atoms with E-state index in [0.29, 0.717) is 69.6 Å². The summed E-state index contributed by atoms with van der Waals surface area (Å²) in [6, 6.07) is 0. The van der Waals surface area contributed by atoms with E-state index in [1.165, 1.54) is 0 Å². The van der Waals surface area contributed by atoms with Crippen molar-refractivity contribution in [3.63, 3.8) is 0 Å². The maximum atomic E-state index is 11.4. The molecule has 0 aliphatic carbocycles. The van der Waals surface area contributed by atoms with E-state index in [1.807, 2.05) is 5.94 Å². The fourth-order valence-electron chi connectivity index (χ4n) is 4.35. The van der Waals surface area contributed by atoms with Gasteiger partial charge in [0.2, 0.25) is 0 Å². The van der Waals surface area contributed by atoms with Gasteiger partial charge in [-0.2, -0.15) is 0 Å². The van der Waals surface area contributed by atoms with Crippen LogP contribution in [0.3, 0.4) is 0 Å². The Hall–Kier alpha value is -4.44. The highest BCUT2D eigenvalue weighted by atomic mass is 16.5. The third-order valence-corrected chi connectivity index (χ3v) is 7.18. The maximum absolute atomic E-state index is 11.4. The molecule has 0 aliphatic heterocycles. The van der Waals surface area contributed by atoms with E-state index in [1.54, 1.807) is 23.8 Å². The third-order valence-electron chi connectivity index (χ3n) is 7.18. The van der Waals surface area contributed by atoms with Gasteiger partial charge in [-0.15, -0.1) is 0 Å². The lowest BCUT2D eigenvalue weighted by Gasteiger charge is -2.18. The number of hydrogen-bond donors (Lipinski definition) is 7. The molecule has 0 rings (SSSR count). The second-order valence-corrected chi connectivity index (χ2v) is 10.9. The Morgan fingerprint density at radius 2 is 0.854 bits per heavy atom. The van der Waals surface area contributed by atoms with Gasteiger partial charge in [-0.1, -0.05) is 6.42 Å². The van der Waals surface area contributed by atoms with Crippen LogP contribution in [0.5, 0.6) is 0 Å². The number of hydroxylamine groups is 6. The first kappa shape index (κ1) is 43.6. The fraction of sp³-hybridized carbons (Fsp3) is 0.656. The summed E-state index contributed by atoms with van der Waals surface area (Å²) in [6.07, 6.45) is 5.92. The molecule has 0 aromatic heterocycles. The number of hydrogen-bond acceptors (Lipinski definition) is 15. The Balaban J connectivity index is 4.26. The number of nitrogens with zero attached hydrogens (tertiary/aromatic N) is 3. The average molecular weight is 679 g/mol. The molecular weight excluding hydrogens is 628 g/mol. The number of carboxylic acid groups (broad SMARTS) is 1. The molecule has 0 amide bonds. The molecular formula is C32H50N6O10. The van der Waals surface area contributed by atoms with Crippen molar-refractivity contribution >= 4 is 35.7 Å². The molecule has 0 saturated heterocycles. The van der Waals surface area contributed by atoms with Gasteiger partial charge in [0.05, 0.1) is 17.8 Å². The van der Waals surface area contributed by atoms with Crippen molar-refractivity contribution in [2.45, 2.75) is 96.3 Å². The molecule has 8 N–H and O–H groups in total. The number of unbranched alkanes of at least 4 members (excludes halogenated alkanes) is 6. The lowest BCUT2D eigenvalue weighted by atomic mass is 10.1. The predicted molar refractivity (Wildman–Crippen MR) is 173 cm³/mol. The number of nitrogens with one attached hydrogen (secondary N) is 2. The Kier molecular flexibility index (Phi) is 26.1. The summed E-state index contributed by atoms with van der Waals surface area (Å²) in [5.74, 6) is 7.46. The van der Waals surface area contributed by atoms with Gasteiger partial charge < -0.3 is 21.5 Å². The number of carbonyl (C=O) groups excluding carboxylic acids is 5. The van der Waals surface area contributed by atoms with E-state index < -0.39 is 5.97 Å². The zero-order valence-corrected chi connectivity index (χ0v) is 27.5. The minimum atomic E-state index is -1.09. The second-order valence-electron chi connectivity index (χ2n) is 10.9. The summed E-state index contributed by atoms with van der Waals surface area (Å²) in [5, 5.41) is 47.1. The summed E-state index contributed by atoms with van der Waals surface area (Å²) in [5.41, 5.74) is 5.82. The normalized spacial score (nSPS) is 9.92. The molecule has 0 saturated carbocycles. The number of rotatable bonds is 31. The third kappa shape index (κ3) is 21.4. The van der Waals surface area contributed by atoms with Crippen LogP contribution in [0.15, 0.2) is 28.5 Å². The van der Waals surface area contributed by atoms with Crippen molar-refractivity contribution in [2.75, 3.05) is 39.3 Å². The van der Waals surface area contributed by atoms with Crippen LogP contribution in [0.25, 0.3) is 0 Å². The number of aliphatic carboxylic acids is 1. The molecule has 48 heavy (non-hydrogen) atoms.